The molecule has 1 aliphatic carbocycles. The Kier molecular flexibility index (Phi) is 7.19. The van der Waals surface area contributed by atoms with Gasteiger partial charge < -0.3 is 9.32 Å². The molecule has 0 atom stereocenters. The molecule has 0 spiro atoms. The molecule has 0 radical (unpaired) electrons. The van der Waals surface area contributed by atoms with Crippen LogP contribution in [0.1, 0.15) is 25.0 Å². The third-order valence-corrected chi connectivity index (χ3v) is 11.1. The van der Waals surface area contributed by atoms with Crippen molar-refractivity contribution in [1.82, 2.24) is 0 Å². The summed E-state index contributed by atoms with van der Waals surface area (Å²) in [7, 11) is 0. The summed E-state index contributed by atoms with van der Waals surface area (Å²) < 4.78 is 6.42. The second kappa shape index (κ2) is 12.3. The molecule has 0 N–H and O–H groups in total. The number of fused-ring (bicyclic) bond motifs is 6. The molecule has 0 amide bonds. The van der Waals surface area contributed by atoms with E-state index in [0.29, 0.717) is 0 Å². The SMILES string of the molecule is CC1(C)c2ccccc2-c2cccc(-c3ccc(N(c4ccc(-c5cccc6c5oc5ccccc56)cc4)c4ccccc4-c4ccccc4)cc3)c21. The molecule has 252 valence electrons. The number of nitrogens with zero attached hydrogens (tertiary/aromatic N) is 1. The molecule has 0 fully saturated rings. The average molecular weight is 680 g/mol. The van der Waals surface area contributed by atoms with Crippen LogP contribution in [0.25, 0.3) is 66.4 Å². The summed E-state index contributed by atoms with van der Waals surface area (Å²) in [5, 5.41) is 2.28. The minimum atomic E-state index is -0.0870. The van der Waals surface area contributed by atoms with Gasteiger partial charge >= 0.3 is 0 Å². The standard InChI is InChI=1S/C51H37NO/c1-51(2)46-23-9-6-17-42(46)44-21-12-19-40(49(44)51)35-26-30-37(31-27-35)52(47-24-10-7-16-39(47)34-14-4-3-5-15-34)38-32-28-36(29-33-38)41-20-13-22-45-43-18-8-11-25-48(43)53-50(41)45/h3-33H,1-2H3. The van der Waals surface area contributed by atoms with Crippen molar-refractivity contribution in [3.8, 4) is 44.5 Å². The van der Waals surface area contributed by atoms with Gasteiger partial charge in [-0.15, -0.1) is 0 Å². The summed E-state index contributed by atoms with van der Waals surface area (Å²) in [4.78, 5) is 2.38. The summed E-state index contributed by atoms with van der Waals surface area (Å²) in [5.74, 6) is 0. The van der Waals surface area contributed by atoms with Gasteiger partial charge in [-0.1, -0.05) is 166 Å². The van der Waals surface area contributed by atoms with E-state index in [1.165, 1.54) is 44.5 Å². The number of hydrogen-bond donors (Lipinski definition) is 0. The van der Waals surface area contributed by atoms with E-state index in [9.17, 15) is 0 Å². The van der Waals surface area contributed by atoms with E-state index in [1.54, 1.807) is 0 Å². The van der Waals surface area contributed by atoms with Crippen LogP contribution in [-0.4, -0.2) is 0 Å². The number of furan rings is 1. The van der Waals surface area contributed by atoms with Gasteiger partial charge in [0, 0.05) is 38.7 Å². The molecule has 2 nitrogen and oxygen atoms in total. The Morgan fingerprint density at radius 2 is 0.925 bits per heavy atom. The van der Waals surface area contributed by atoms with Gasteiger partial charge in [0.15, 0.2) is 0 Å². The predicted molar refractivity (Wildman–Crippen MR) is 222 cm³/mol. The molecule has 0 saturated heterocycles. The molecule has 9 aromatic rings. The number of benzene rings is 8. The third-order valence-electron chi connectivity index (χ3n) is 11.1. The van der Waals surface area contributed by atoms with Crippen molar-refractivity contribution < 1.29 is 4.42 Å². The first-order valence-corrected chi connectivity index (χ1v) is 18.4. The van der Waals surface area contributed by atoms with Crippen molar-refractivity contribution in [1.29, 1.82) is 0 Å². The molecule has 10 rings (SSSR count). The van der Waals surface area contributed by atoms with Crippen molar-refractivity contribution in [3.63, 3.8) is 0 Å². The van der Waals surface area contributed by atoms with Gasteiger partial charge in [-0.05, 0) is 80.9 Å². The van der Waals surface area contributed by atoms with E-state index in [4.69, 9.17) is 4.42 Å². The zero-order valence-electron chi connectivity index (χ0n) is 29.8. The predicted octanol–water partition coefficient (Wildman–Crippen LogP) is 14.4. The lowest BCUT2D eigenvalue weighted by Crippen LogP contribution is -2.16. The third kappa shape index (κ3) is 5.02. The molecule has 53 heavy (non-hydrogen) atoms. The average Bonchev–Trinajstić information content (AvgIpc) is 3.71. The van der Waals surface area contributed by atoms with Gasteiger partial charge in [0.1, 0.15) is 11.2 Å². The molecule has 1 aliphatic rings. The van der Waals surface area contributed by atoms with E-state index in [2.05, 4.69) is 195 Å². The fraction of sp³-hybridized carbons (Fsp3) is 0.0588. The van der Waals surface area contributed by atoms with Crippen LogP contribution in [0.2, 0.25) is 0 Å². The molecule has 0 saturated carbocycles. The highest BCUT2D eigenvalue weighted by Gasteiger charge is 2.37. The van der Waals surface area contributed by atoms with Crippen LogP contribution in [0.15, 0.2) is 192 Å². The minimum Gasteiger partial charge on any atom is -0.455 e. The Morgan fingerprint density at radius 1 is 0.396 bits per heavy atom. The van der Waals surface area contributed by atoms with Crippen molar-refractivity contribution in [2.75, 3.05) is 4.90 Å². The zero-order chi connectivity index (χ0) is 35.5. The lowest BCUT2D eigenvalue weighted by atomic mass is 9.79. The normalized spacial score (nSPS) is 12.9. The van der Waals surface area contributed by atoms with Crippen LogP contribution < -0.4 is 4.90 Å². The highest BCUT2D eigenvalue weighted by molar-refractivity contribution is 6.09. The van der Waals surface area contributed by atoms with Crippen LogP contribution >= 0.6 is 0 Å². The van der Waals surface area contributed by atoms with Crippen LogP contribution in [-0.2, 0) is 5.41 Å². The Bertz CT molecular complexity index is 2790. The summed E-state index contributed by atoms with van der Waals surface area (Å²) in [6.45, 7) is 4.71. The molecule has 1 heterocycles. The van der Waals surface area contributed by atoms with Gasteiger partial charge in [0.2, 0.25) is 0 Å². The van der Waals surface area contributed by atoms with Crippen molar-refractivity contribution in [2.45, 2.75) is 19.3 Å². The maximum absolute atomic E-state index is 6.42. The lowest BCUT2D eigenvalue weighted by Gasteiger charge is -2.28. The van der Waals surface area contributed by atoms with Crippen molar-refractivity contribution >= 4 is 39.0 Å². The number of rotatable bonds is 6. The fourth-order valence-electron chi connectivity index (χ4n) is 8.60. The smallest absolute Gasteiger partial charge is 0.143 e. The van der Waals surface area contributed by atoms with E-state index < -0.39 is 0 Å². The monoisotopic (exact) mass is 679 g/mol. The highest BCUT2D eigenvalue weighted by atomic mass is 16.3. The first kappa shape index (κ1) is 31.1. The Labute approximate surface area is 310 Å². The lowest BCUT2D eigenvalue weighted by molar-refractivity contribution is 0.662. The topological polar surface area (TPSA) is 16.4 Å². The van der Waals surface area contributed by atoms with Gasteiger partial charge in [-0.3, -0.25) is 0 Å². The zero-order valence-corrected chi connectivity index (χ0v) is 29.8. The largest absolute Gasteiger partial charge is 0.455 e. The van der Waals surface area contributed by atoms with E-state index in [-0.39, 0.29) is 5.41 Å². The van der Waals surface area contributed by atoms with Crippen LogP contribution in [0.3, 0.4) is 0 Å². The van der Waals surface area contributed by atoms with Crippen molar-refractivity contribution in [2.24, 2.45) is 0 Å². The first-order valence-electron chi connectivity index (χ1n) is 18.4. The summed E-state index contributed by atoms with van der Waals surface area (Å²) >= 11 is 0. The van der Waals surface area contributed by atoms with E-state index in [1.807, 2.05) is 12.1 Å². The van der Waals surface area contributed by atoms with E-state index in [0.717, 1.165) is 50.1 Å². The highest BCUT2D eigenvalue weighted by Crippen LogP contribution is 2.52. The molecular formula is C51H37NO. The Morgan fingerprint density at radius 3 is 1.70 bits per heavy atom. The van der Waals surface area contributed by atoms with E-state index >= 15 is 0 Å². The molecule has 2 heteroatoms. The maximum atomic E-state index is 6.42. The van der Waals surface area contributed by atoms with Crippen LogP contribution in [0.5, 0.6) is 0 Å². The second-order valence-corrected chi connectivity index (χ2v) is 14.5. The molecular weight excluding hydrogens is 643 g/mol. The number of para-hydroxylation sites is 3. The molecule has 0 bridgehead atoms. The number of anilines is 3. The Hall–Kier alpha value is -6.64. The van der Waals surface area contributed by atoms with Crippen LogP contribution in [0.4, 0.5) is 17.1 Å². The van der Waals surface area contributed by atoms with Gasteiger partial charge in [0.05, 0.1) is 5.69 Å². The quantitative estimate of drug-likeness (QED) is 0.174. The molecule has 1 aromatic heterocycles. The molecule has 8 aromatic carbocycles. The summed E-state index contributed by atoms with van der Waals surface area (Å²) in [5.41, 5.74) is 17.6. The summed E-state index contributed by atoms with van der Waals surface area (Å²) in [6, 6.07) is 67.7. The van der Waals surface area contributed by atoms with Crippen LogP contribution in [0, 0.1) is 0 Å². The minimum absolute atomic E-state index is 0.0870. The fourth-order valence-corrected chi connectivity index (χ4v) is 8.60. The molecule has 0 unspecified atom stereocenters. The van der Waals surface area contributed by atoms with Gasteiger partial charge in [0.25, 0.3) is 0 Å². The maximum Gasteiger partial charge on any atom is 0.143 e. The Balaban J connectivity index is 1.09. The van der Waals surface area contributed by atoms with Crippen molar-refractivity contribution in [3.05, 3.63) is 199 Å². The van der Waals surface area contributed by atoms with Gasteiger partial charge in [-0.2, -0.15) is 0 Å². The first-order chi connectivity index (χ1) is 26.1. The molecule has 0 aliphatic heterocycles. The summed E-state index contributed by atoms with van der Waals surface area (Å²) in [6.07, 6.45) is 0. The second-order valence-electron chi connectivity index (χ2n) is 14.5. The number of hydrogen-bond acceptors (Lipinski definition) is 2. The van der Waals surface area contributed by atoms with Gasteiger partial charge in [-0.25, -0.2) is 0 Å².